The first-order valence-electron chi connectivity index (χ1n) is 8.18. The summed E-state index contributed by atoms with van der Waals surface area (Å²) in [5.41, 5.74) is 7.34. The van der Waals surface area contributed by atoms with Gasteiger partial charge < -0.3 is 10.5 Å². The van der Waals surface area contributed by atoms with Crippen LogP contribution in [0.25, 0.3) is 0 Å². The van der Waals surface area contributed by atoms with Gasteiger partial charge in [-0.3, -0.25) is 4.90 Å². The Morgan fingerprint density at radius 2 is 1.71 bits per heavy atom. The molecule has 1 aromatic carbocycles. The summed E-state index contributed by atoms with van der Waals surface area (Å²) in [7, 11) is 0. The molecular formula is C18H32N2O. The van der Waals surface area contributed by atoms with Crippen molar-refractivity contribution in [3.63, 3.8) is 0 Å². The average molecular weight is 292 g/mol. The van der Waals surface area contributed by atoms with E-state index in [1.54, 1.807) is 0 Å². The highest BCUT2D eigenvalue weighted by atomic mass is 16.5. The highest BCUT2D eigenvalue weighted by Crippen LogP contribution is 2.25. The number of nitrogens with two attached hydrogens (primary N) is 1. The lowest BCUT2D eigenvalue weighted by molar-refractivity contribution is 0.138. The van der Waals surface area contributed by atoms with Gasteiger partial charge in [0, 0.05) is 25.2 Å². The molecule has 1 aromatic rings. The Morgan fingerprint density at radius 3 is 2.14 bits per heavy atom. The molecular weight excluding hydrogens is 260 g/mol. The topological polar surface area (TPSA) is 38.5 Å². The van der Waals surface area contributed by atoms with Crippen molar-refractivity contribution >= 4 is 0 Å². The van der Waals surface area contributed by atoms with Crippen LogP contribution in [0.15, 0.2) is 24.3 Å². The summed E-state index contributed by atoms with van der Waals surface area (Å²) in [4.78, 5) is 2.49. The Bertz CT molecular complexity index is 387. The van der Waals surface area contributed by atoms with Crippen LogP contribution in [0.5, 0.6) is 5.75 Å². The Balaban J connectivity index is 2.86. The molecule has 0 spiro atoms. The van der Waals surface area contributed by atoms with E-state index in [1.165, 1.54) is 5.56 Å². The third kappa shape index (κ3) is 5.68. The highest BCUT2D eigenvalue weighted by Gasteiger charge is 2.22. The van der Waals surface area contributed by atoms with Gasteiger partial charge in [-0.25, -0.2) is 0 Å². The minimum Gasteiger partial charge on any atom is -0.494 e. The van der Waals surface area contributed by atoms with E-state index in [0.717, 1.165) is 25.3 Å². The zero-order chi connectivity index (χ0) is 15.8. The van der Waals surface area contributed by atoms with Crippen molar-refractivity contribution in [1.29, 1.82) is 0 Å². The molecule has 120 valence electrons. The minimum atomic E-state index is 0.271. The van der Waals surface area contributed by atoms with Crippen LogP contribution in [-0.4, -0.2) is 30.6 Å². The minimum absolute atomic E-state index is 0.271. The van der Waals surface area contributed by atoms with Gasteiger partial charge in [0.2, 0.25) is 0 Å². The van der Waals surface area contributed by atoms with Gasteiger partial charge in [-0.05, 0) is 43.9 Å². The molecule has 0 aliphatic heterocycles. The lowest BCUT2D eigenvalue weighted by atomic mass is 10.0. The molecule has 0 heterocycles. The van der Waals surface area contributed by atoms with E-state index >= 15 is 0 Å². The van der Waals surface area contributed by atoms with Crippen LogP contribution in [0, 0.1) is 5.92 Å². The molecule has 3 nitrogen and oxygen atoms in total. The van der Waals surface area contributed by atoms with Gasteiger partial charge in [-0.1, -0.05) is 32.9 Å². The second-order valence-electron chi connectivity index (χ2n) is 6.35. The van der Waals surface area contributed by atoms with Crippen LogP contribution >= 0.6 is 0 Å². The van der Waals surface area contributed by atoms with Crippen molar-refractivity contribution in [1.82, 2.24) is 4.90 Å². The van der Waals surface area contributed by atoms with E-state index in [-0.39, 0.29) is 6.04 Å². The normalized spacial score (nSPS) is 13.2. The third-order valence-electron chi connectivity index (χ3n) is 3.60. The summed E-state index contributed by atoms with van der Waals surface area (Å²) in [6, 6.07) is 9.17. The van der Waals surface area contributed by atoms with E-state index in [4.69, 9.17) is 10.5 Å². The molecule has 3 heteroatoms. The maximum absolute atomic E-state index is 6.06. The monoisotopic (exact) mass is 292 g/mol. The Morgan fingerprint density at radius 1 is 1.10 bits per heavy atom. The second kappa shape index (κ2) is 9.06. The van der Waals surface area contributed by atoms with Crippen molar-refractivity contribution in [2.24, 2.45) is 11.7 Å². The molecule has 0 saturated heterocycles. The van der Waals surface area contributed by atoms with Crippen LogP contribution in [0.2, 0.25) is 0 Å². The number of ether oxygens (including phenoxy) is 1. The summed E-state index contributed by atoms with van der Waals surface area (Å²) in [5.74, 6) is 1.57. The molecule has 0 radical (unpaired) electrons. The van der Waals surface area contributed by atoms with Gasteiger partial charge in [0.05, 0.1) is 6.61 Å². The fourth-order valence-electron chi connectivity index (χ4n) is 2.59. The first kappa shape index (κ1) is 18.0. The predicted octanol–water partition coefficient (Wildman–Crippen LogP) is 3.84. The largest absolute Gasteiger partial charge is 0.494 e. The molecule has 0 bridgehead atoms. The number of benzene rings is 1. The Hall–Kier alpha value is -1.06. The van der Waals surface area contributed by atoms with Crippen LogP contribution in [0.1, 0.15) is 52.6 Å². The fourth-order valence-corrected chi connectivity index (χ4v) is 2.59. The fraction of sp³-hybridized carbons (Fsp3) is 0.667. The Kier molecular flexibility index (Phi) is 7.76. The van der Waals surface area contributed by atoms with E-state index in [0.29, 0.717) is 18.5 Å². The Labute approximate surface area is 130 Å². The summed E-state index contributed by atoms with van der Waals surface area (Å²) in [5, 5.41) is 0. The lowest BCUT2D eigenvalue weighted by Gasteiger charge is -2.36. The van der Waals surface area contributed by atoms with Crippen molar-refractivity contribution in [2.45, 2.75) is 53.1 Å². The summed E-state index contributed by atoms with van der Waals surface area (Å²) < 4.78 is 5.65. The van der Waals surface area contributed by atoms with Crippen LogP contribution in [0.3, 0.4) is 0 Å². The van der Waals surface area contributed by atoms with Crippen molar-refractivity contribution in [2.75, 3.05) is 19.7 Å². The molecule has 1 unspecified atom stereocenters. The van der Waals surface area contributed by atoms with Crippen LogP contribution in [0.4, 0.5) is 0 Å². The quantitative estimate of drug-likeness (QED) is 0.751. The molecule has 0 amide bonds. The van der Waals surface area contributed by atoms with Gasteiger partial charge in [-0.15, -0.1) is 0 Å². The first-order valence-corrected chi connectivity index (χ1v) is 8.18. The summed E-state index contributed by atoms with van der Waals surface area (Å²) >= 11 is 0. The lowest BCUT2D eigenvalue weighted by Crippen LogP contribution is -2.40. The van der Waals surface area contributed by atoms with Crippen molar-refractivity contribution < 1.29 is 4.74 Å². The molecule has 0 aliphatic carbocycles. The molecule has 21 heavy (non-hydrogen) atoms. The van der Waals surface area contributed by atoms with E-state index < -0.39 is 0 Å². The first-order chi connectivity index (χ1) is 9.99. The maximum Gasteiger partial charge on any atom is 0.119 e. The van der Waals surface area contributed by atoms with Gasteiger partial charge >= 0.3 is 0 Å². The predicted molar refractivity (Wildman–Crippen MR) is 90.7 cm³/mol. The third-order valence-corrected chi connectivity index (χ3v) is 3.60. The standard InChI is InChI=1S/C18H32N2O/c1-6-11-21-17-9-7-16(8-10-17)18(12-19)20(15(4)5)13-14(2)3/h7-10,14-15,18H,6,11-13,19H2,1-5H3. The zero-order valence-electron chi connectivity index (χ0n) is 14.3. The van der Waals surface area contributed by atoms with Gasteiger partial charge in [0.25, 0.3) is 0 Å². The second-order valence-corrected chi connectivity index (χ2v) is 6.35. The van der Waals surface area contributed by atoms with Crippen molar-refractivity contribution in [3.05, 3.63) is 29.8 Å². The molecule has 0 aliphatic rings. The summed E-state index contributed by atoms with van der Waals surface area (Å²) in [6.07, 6.45) is 1.03. The van der Waals surface area contributed by atoms with Crippen LogP contribution < -0.4 is 10.5 Å². The van der Waals surface area contributed by atoms with E-state index in [9.17, 15) is 0 Å². The number of nitrogens with zero attached hydrogens (tertiary/aromatic N) is 1. The number of rotatable bonds is 9. The van der Waals surface area contributed by atoms with Crippen molar-refractivity contribution in [3.8, 4) is 5.75 Å². The molecule has 0 saturated carbocycles. The average Bonchev–Trinajstić information content (AvgIpc) is 2.45. The number of hydrogen-bond acceptors (Lipinski definition) is 3. The van der Waals surface area contributed by atoms with Gasteiger partial charge in [0.15, 0.2) is 0 Å². The molecule has 1 rings (SSSR count). The highest BCUT2D eigenvalue weighted by molar-refractivity contribution is 5.29. The van der Waals surface area contributed by atoms with E-state index in [1.807, 2.05) is 0 Å². The zero-order valence-corrected chi connectivity index (χ0v) is 14.3. The SMILES string of the molecule is CCCOc1ccc(C(CN)N(CC(C)C)C(C)C)cc1. The van der Waals surface area contributed by atoms with Crippen LogP contribution in [-0.2, 0) is 0 Å². The van der Waals surface area contributed by atoms with E-state index in [2.05, 4.69) is 63.8 Å². The number of hydrogen-bond donors (Lipinski definition) is 1. The van der Waals surface area contributed by atoms with Gasteiger partial charge in [-0.2, -0.15) is 0 Å². The molecule has 0 fully saturated rings. The molecule has 1 atom stereocenters. The molecule has 2 N–H and O–H groups in total. The maximum atomic E-state index is 6.06. The smallest absolute Gasteiger partial charge is 0.119 e. The summed E-state index contributed by atoms with van der Waals surface area (Å²) in [6.45, 7) is 13.6. The van der Waals surface area contributed by atoms with Gasteiger partial charge in [0.1, 0.15) is 5.75 Å². The molecule has 0 aromatic heterocycles.